The monoisotopic (exact) mass is 333 g/mol. The van der Waals surface area contributed by atoms with Crippen LogP contribution in [0.2, 0.25) is 0 Å². The Bertz CT molecular complexity index is 806. The number of ether oxygens (including phenoxy) is 1. The predicted molar refractivity (Wildman–Crippen MR) is 98.4 cm³/mol. The first-order chi connectivity index (χ1) is 12.3. The molecule has 0 saturated carbocycles. The first kappa shape index (κ1) is 16.3. The molecule has 0 radical (unpaired) electrons. The molecule has 0 spiro atoms. The first-order valence-corrected chi connectivity index (χ1v) is 8.50. The first-order valence-electron chi connectivity index (χ1n) is 8.50. The third-order valence-corrected chi connectivity index (χ3v) is 4.70. The second-order valence-corrected chi connectivity index (χ2v) is 6.24. The maximum Gasteiger partial charge on any atom is 0.495 e. The lowest BCUT2D eigenvalue weighted by atomic mass is 9.75. The van der Waals surface area contributed by atoms with Crippen LogP contribution < -0.4 is 5.46 Å². The van der Waals surface area contributed by atoms with Crippen LogP contribution in [0.15, 0.2) is 66.9 Å². The van der Waals surface area contributed by atoms with Gasteiger partial charge in [0.15, 0.2) is 0 Å². The number of methoxy groups -OCH3 is 1. The van der Waals surface area contributed by atoms with Crippen LogP contribution >= 0.6 is 0 Å². The highest BCUT2D eigenvalue weighted by Gasteiger charge is 2.41. The molecule has 0 unspecified atom stereocenters. The van der Waals surface area contributed by atoms with Crippen LogP contribution in [0.3, 0.4) is 0 Å². The summed E-state index contributed by atoms with van der Waals surface area (Å²) in [4.78, 5) is 4.41. The van der Waals surface area contributed by atoms with Gasteiger partial charge in [-0.3, -0.25) is 4.98 Å². The second-order valence-electron chi connectivity index (χ2n) is 6.24. The number of nitrogens with zero attached hydrogens (tertiary/aromatic N) is 1. The van der Waals surface area contributed by atoms with Crippen molar-refractivity contribution in [1.82, 2.24) is 4.98 Å². The zero-order valence-electron chi connectivity index (χ0n) is 14.3. The van der Waals surface area contributed by atoms with Crippen molar-refractivity contribution in [2.75, 3.05) is 7.11 Å². The predicted octanol–water partition coefficient (Wildman–Crippen LogP) is 2.92. The summed E-state index contributed by atoms with van der Waals surface area (Å²) in [5, 5.41) is 0. The number of aromatic nitrogens is 1. The zero-order valence-corrected chi connectivity index (χ0v) is 14.3. The van der Waals surface area contributed by atoms with Crippen molar-refractivity contribution in [1.29, 1.82) is 0 Å². The van der Waals surface area contributed by atoms with E-state index in [1.807, 2.05) is 43.3 Å². The molecule has 126 valence electrons. The molecule has 0 bridgehead atoms. The maximum atomic E-state index is 6.21. The third-order valence-electron chi connectivity index (χ3n) is 4.70. The fraction of sp³-hybridized carbons (Fsp3) is 0.250. The highest BCUT2D eigenvalue weighted by molar-refractivity contribution is 6.62. The van der Waals surface area contributed by atoms with Gasteiger partial charge < -0.3 is 14.0 Å². The molecule has 3 atom stereocenters. The summed E-state index contributed by atoms with van der Waals surface area (Å²) in [6.07, 6.45) is 7.79. The molecule has 1 aliphatic heterocycles. The van der Waals surface area contributed by atoms with E-state index in [9.17, 15) is 0 Å². The van der Waals surface area contributed by atoms with Crippen LogP contribution in [0.1, 0.15) is 24.3 Å². The van der Waals surface area contributed by atoms with Crippen LogP contribution in [0.5, 0.6) is 0 Å². The minimum absolute atomic E-state index is 0.0128. The lowest BCUT2D eigenvalue weighted by Crippen LogP contribution is -2.36. The lowest BCUT2D eigenvalue weighted by molar-refractivity contribution is 0.120. The van der Waals surface area contributed by atoms with E-state index in [0.29, 0.717) is 0 Å². The number of pyridine rings is 1. The van der Waals surface area contributed by atoms with Gasteiger partial charge >= 0.3 is 7.12 Å². The van der Waals surface area contributed by atoms with E-state index in [-0.39, 0.29) is 18.3 Å². The summed E-state index contributed by atoms with van der Waals surface area (Å²) in [5.41, 5.74) is 4.11. The Hall–Kier alpha value is -2.21. The van der Waals surface area contributed by atoms with Crippen molar-refractivity contribution in [3.8, 4) is 0 Å². The van der Waals surface area contributed by atoms with Crippen molar-refractivity contribution in [3.05, 3.63) is 78.1 Å². The lowest BCUT2D eigenvalue weighted by Gasteiger charge is -2.17. The molecule has 1 aromatic heterocycles. The van der Waals surface area contributed by atoms with Crippen molar-refractivity contribution in [2.24, 2.45) is 0 Å². The van der Waals surface area contributed by atoms with Gasteiger partial charge in [0, 0.05) is 13.3 Å². The van der Waals surface area contributed by atoms with E-state index in [2.05, 4.69) is 29.3 Å². The molecule has 4 rings (SSSR count). The van der Waals surface area contributed by atoms with Gasteiger partial charge in [0.25, 0.3) is 0 Å². The maximum absolute atomic E-state index is 6.21. The smallest absolute Gasteiger partial charge is 0.398 e. The molecule has 4 nitrogen and oxygen atoms in total. The average molecular weight is 333 g/mol. The summed E-state index contributed by atoms with van der Waals surface area (Å²) in [5.74, 6) is 0. The quantitative estimate of drug-likeness (QED) is 0.807. The largest absolute Gasteiger partial charge is 0.495 e. The summed E-state index contributed by atoms with van der Waals surface area (Å²) < 4.78 is 17.8. The average Bonchev–Trinajstić information content (AvgIpc) is 3.11. The van der Waals surface area contributed by atoms with Gasteiger partial charge in [-0.1, -0.05) is 42.5 Å². The topological polar surface area (TPSA) is 40.6 Å². The highest BCUT2D eigenvalue weighted by Crippen LogP contribution is 2.29. The Morgan fingerprint density at radius 3 is 2.68 bits per heavy atom. The van der Waals surface area contributed by atoms with E-state index in [0.717, 1.165) is 22.3 Å². The van der Waals surface area contributed by atoms with Crippen LogP contribution in [0.4, 0.5) is 0 Å². The highest BCUT2D eigenvalue weighted by atomic mass is 16.7. The van der Waals surface area contributed by atoms with E-state index < -0.39 is 7.12 Å². The van der Waals surface area contributed by atoms with Crippen LogP contribution in [0, 0.1) is 0 Å². The normalized spacial score (nSPS) is 23.3. The van der Waals surface area contributed by atoms with Gasteiger partial charge in [-0.25, -0.2) is 0 Å². The summed E-state index contributed by atoms with van der Waals surface area (Å²) in [6, 6.07) is 14.0. The molecule has 0 amide bonds. The number of hydrogen-bond acceptors (Lipinski definition) is 4. The molecule has 1 aliphatic carbocycles. The van der Waals surface area contributed by atoms with E-state index >= 15 is 0 Å². The van der Waals surface area contributed by atoms with Gasteiger partial charge in [0.2, 0.25) is 0 Å². The number of fused-ring (bicyclic) bond motifs is 1. The molecule has 25 heavy (non-hydrogen) atoms. The summed E-state index contributed by atoms with van der Waals surface area (Å²) in [7, 11) is 1.31. The standard InChI is InChI=1S/C20H20BNO3/c1-14(23-2)16-7-3-4-8-17(16)21-24-19-11-10-15(13-20(19)25-21)18-9-5-6-12-22-18/h3-14,19-20H,1-2H3/t14-,19+,20-/m1/s1. The van der Waals surface area contributed by atoms with Gasteiger partial charge in [-0.05, 0) is 41.7 Å². The number of allylic oxidation sites excluding steroid dienone is 2. The Morgan fingerprint density at radius 1 is 1.08 bits per heavy atom. The molecule has 2 heterocycles. The van der Waals surface area contributed by atoms with E-state index in [1.54, 1.807) is 13.3 Å². The number of benzene rings is 1. The minimum Gasteiger partial charge on any atom is -0.398 e. The molecule has 1 aromatic carbocycles. The van der Waals surface area contributed by atoms with Crippen LogP contribution in [-0.4, -0.2) is 31.4 Å². The van der Waals surface area contributed by atoms with Gasteiger partial charge in [0.05, 0.1) is 24.0 Å². The van der Waals surface area contributed by atoms with Gasteiger partial charge in [0.1, 0.15) is 0 Å². The van der Waals surface area contributed by atoms with E-state index in [1.165, 1.54) is 0 Å². The fourth-order valence-electron chi connectivity index (χ4n) is 3.27. The molecule has 0 N–H and O–H groups in total. The number of hydrogen-bond donors (Lipinski definition) is 0. The van der Waals surface area contributed by atoms with Crippen molar-refractivity contribution < 1.29 is 14.0 Å². The second kappa shape index (κ2) is 6.96. The molecule has 1 saturated heterocycles. The Labute approximate surface area is 148 Å². The molecule has 1 fully saturated rings. The third kappa shape index (κ3) is 3.18. The van der Waals surface area contributed by atoms with Crippen molar-refractivity contribution >= 4 is 18.2 Å². The molecular weight excluding hydrogens is 313 g/mol. The minimum atomic E-state index is -0.396. The van der Waals surface area contributed by atoms with Crippen molar-refractivity contribution in [3.63, 3.8) is 0 Å². The Morgan fingerprint density at radius 2 is 1.88 bits per heavy atom. The van der Waals surface area contributed by atoms with Crippen molar-refractivity contribution in [2.45, 2.75) is 25.2 Å². The molecule has 2 aromatic rings. The van der Waals surface area contributed by atoms with Gasteiger partial charge in [-0.2, -0.15) is 0 Å². The molecule has 2 aliphatic rings. The van der Waals surface area contributed by atoms with E-state index in [4.69, 9.17) is 14.0 Å². The Balaban J connectivity index is 1.59. The summed E-state index contributed by atoms with van der Waals surface area (Å²) in [6.45, 7) is 2.03. The Kier molecular flexibility index (Phi) is 4.53. The number of rotatable bonds is 4. The zero-order chi connectivity index (χ0) is 17.2. The molecule has 5 heteroatoms. The summed E-state index contributed by atoms with van der Waals surface area (Å²) >= 11 is 0. The van der Waals surface area contributed by atoms with Crippen LogP contribution in [-0.2, 0) is 14.0 Å². The molecular formula is C20H20BNO3. The van der Waals surface area contributed by atoms with Gasteiger partial charge in [-0.15, -0.1) is 0 Å². The SMILES string of the molecule is CO[C@H](C)c1ccccc1B1O[C@H]2C=CC(c3ccccn3)=C[C@H]2O1. The fourth-order valence-corrected chi connectivity index (χ4v) is 3.27. The van der Waals surface area contributed by atoms with Crippen LogP contribution in [0.25, 0.3) is 5.57 Å².